The molecule has 1 atom stereocenters. The minimum absolute atomic E-state index is 0. The number of hydrogen-bond acceptors (Lipinski definition) is 1. The molecular formula is C28H29Cl2OTi. The summed E-state index contributed by atoms with van der Waals surface area (Å²) in [5, 5.41) is 0. The van der Waals surface area contributed by atoms with Gasteiger partial charge >= 0.3 is 193 Å². The monoisotopic (exact) mass is 499 g/mol. The Morgan fingerprint density at radius 2 is 1.16 bits per heavy atom. The third kappa shape index (κ3) is 4.30. The number of allylic oxidation sites excluding steroid dienone is 4. The van der Waals surface area contributed by atoms with Crippen molar-refractivity contribution < 1.29 is 24.1 Å². The van der Waals surface area contributed by atoms with Crippen LogP contribution in [0.15, 0.2) is 102 Å². The second-order valence-electron chi connectivity index (χ2n) is 8.13. The van der Waals surface area contributed by atoms with E-state index < -0.39 is 5.60 Å². The van der Waals surface area contributed by atoms with Gasteiger partial charge in [0.1, 0.15) is 0 Å². The van der Waals surface area contributed by atoms with Crippen LogP contribution in [-0.4, -0.2) is 0 Å². The van der Waals surface area contributed by atoms with Crippen LogP contribution in [0.25, 0.3) is 5.57 Å². The van der Waals surface area contributed by atoms with Crippen LogP contribution in [0.3, 0.4) is 0 Å². The average molecular weight is 500 g/mol. The summed E-state index contributed by atoms with van der Waals surface area (Å²) < 4.78 is 6.48. The van der Waals surface area contributed by atoms with Crippen molar-refractivity contribution in [3.05, 3.63) is 124 Å². The molecule has 1 nitrogen and oxygen atoms in total. The SMILES string of the molecule is CC1=C(C)C(C)C(c2ccccc2C([O][Ti])(c2ccccc2)c2ccccc2)=C1C.Cl.Cl. The number of halogens is 2. The van der Waals surface area contributed by atoms with E-state index in [9.17, 15) is 0 Å². The van der Waals surface area contributed by atoms with E-state index in [-0.39, 0.29) is 24.8 Å². The first-order chi connectivity index (χ1) is 14.5. The van der Waals surface area contributed by atoms with Crippen molar-refractivity contribution in [2.45, 2.75) is 33.3 Å². The van der Waals surface area contributed by atoms with Crippen LogP contribution in [0.5, 0.6) is 0 Å². The Hall–Kier alpha value is -1.61. The van der Waals surface area contributed by atoms with Gasteiger partial charge < -0.3 is 0 Å². The summed E-state index contributed by atoms with van der Waals surface area (Å²) in [7, 11) is 0. The van der Waals surface area contributed by atoms with E-state index in [1.165, 1.54) is 33.4 Å². The molecule has 0 spiro atoms. The number of rotatable bonds is 5. The molecule has 4 heteroatoms. The van der Waals surface area contributed by atoms with Crippen LogP contribution >= 0.6 is 24.8 Å². The summed E-state index contributed by atoms with van der Waals surface area (Å²) in [4.78, 5) is 0. The molecule has 0 radical (unpaired) electrons. The Kier molecular flexibility index (Phi) is 9.17. The molecule has 0 saturated heterocycles. The molecule has 0 fully saturated rings. The summed E-state index contributed by atoms with van der Waals surface area (Å²) in [5.74, 6) is 0.396. The van der Waals surface area contributed by atoms with Crippen LogP contribution < -0.4 is 0 Å². The zero-order valence-corrected chi connectivity index (χ0v) is 22.1. The van der Waals surface area contributed by atoms with E-state index in [1.54, 1.807) is 0 Å². The second kappa shape index (κ2) is 11.0. The minimum Gasteiger partial charge on any atom is -0.147 e. The van der Waals surface area contributed by atoms with Gasteiger partial charge in [-0.25, -0.2) is 0 Å². The predicted molar refractivity (Wildman–Crippen MR) is 135 cm³/mol. The van der Waals surface area contributed by atoms with Gasteiger partial charge in [-0.2, -0.15) is 0 Å². The van der Waals surface area contributed by atoms with E-state index >= 15 is 0 Å². The van der Waals surface area contributed by atoms with Gasteiger partial charge in [0.15, 0.2) is 0 Å². The first-order valence-electron chi connectivity index (χ1n) is 10.5. The summed E-state index contributed by atoms with van der Waals surface area (Å²) in [6, 6.07) is 29.9. The van der Waals surface area contributed by atoms with Gasteiger partial charge in [0.2, 0.25) is 0 Å². The maximum atomic E-state index is 6.48. The first-order valence-corrected chi connectivity index (χ1v) is 11.1. The largest absolute Gasteiger partial charge is 0.147 e. The molecule has 1 aliphatic carbocycles. The van der Waals surface area contributed by atoms with Gasteiger partial charge in [0.25, 0.3) is 0 Å². The fourth-order valence-electron chi connectivity index (χ4n) is 4.82. The van der Waals surface area contributed by atoms with E-state index in [0.29, 0.717) is 5.92 Å². The Bertz CT molecular complexity index is 1080. The fraction of sp³-hybridized carbons (Fsp3) is 0.214. The number of benzene rings is 3. The summed E-state index contributed by atoms with van der Waals surface area (Å²) >= 11 is 1.82. The van der Waals surface area contributed by atoms with Crippen molar-refractivity contribution in [1.82, 2.24) is 0 Å². The molecule has 0 heterocycles. The zero-order chi connectivity index (χ0) is 21.3. The van der Waals surface area contributed by atoms with Gasteiger partial charge in [-0.05, 0) is 0 Å². The third-order valence-corrected chi connectivity index (χ3v) is 7.23. The van der Waals surface area contributed by atoms with Gasteiger partial charge in [-0.1, -0.05) is 0 Å². The maximum Gasteiger partial charge on any atom is -0.147 e. The smallest absolute Gasteiger partial charge is 0.147 e. The van der Waals surface area contributed by atoms with Gasteiger partial charge in [0, 0.05) is 0 Å². The van der Waals surface area contributed by atoms with E-state index in [1.807, 2.05) is 20.8 Å². The molecule has 4 rings (SSSR count). The van der Waals surface area contributed by atoms with Crippen LogP contribution in [0.1, 0.15) is 49.9 Å². The van der Waals surface area contributed by atoms with E-state index in [0.717, 1.165) is 11.1 Å². The van der Waals surface area contributed by atoms with Crippen molar-refractivity contribution in [2.75, 3.05) is 0 Å². The van der Waals surface area contributed by atoms with Crippen LogP contribution in [-0.2, 0) is 29.7 Å². The van der Waals surface area contributed by atoms with Crippen molar-refractivity contribution in [3.63, 3.8) is 0 Å². The maximum absolute atomic E-state index is 6.48. The van der Waals surface area contributed by atoms with Gasteiger partial charge in [-0.3, -0.25) is 0 Å². The molecule has 3 aromatic carbocycles. The van der Waals surface area contributed by atoms with Crippen LogP contribution in [0.2, 0.25) is 0 Å². The van der Waals surface area contributed by atoms with Crippen molar-refractivity contribution in [1.29, 1.82) is 0 Å². The minimum atomic E-state index is -0.684. The van der Waals surface area contributed by atoms with Crippen molar-refractivity contribution in [3.8, 4) is 0 Å². The molecule has 0 amide bonds. The third-order valence-electron chi connectivity index (χ3n) is 6.75. The zero-order valence-electron chi connectivity index (χ0n) is 18.9. The molecular weight excluding hydrogens is 471 g/mol. The standard InChI is InChI=1S/C28H27O.2ClH.Ti/c1-19-20(2)22(4)27(21(19)3)25-17-11-12-18-26(25)28(29,23-13-7-5-8-14-23)24-15-9-6-10-16-24;;;/h5-18,21H,1-4H3;2*1H;/q-1;;;+1. The Morgan fingerprint density at radius 1 is 0.688 bits per heavy atom. The van der Waals surface area contributed by atoms with E-state index in [4.69, 9.17) is 3.32 Å². The van der Waals surface area contributed by atoms with Gasteiger partial charge in [0.05, 0.1) is 0 Å². The molecule has 0 N–H and O–H groups in total. The molecule has 165 valence electrons. The Labute approximate surface area is 216 Å². The quantitative estimate of drug-likeness (QED) is 0.254. The Morgan fingerprint density at radius 3 is 1.59 bits per heavy atom. The molecule has 3 aromatic rings. The number of hydrogen-bond donors (Lipinski definition) is 0. The molecule has 0 aliphatic heterocycles. The summed E-state index contributed by atoms with van der Waals surface area (Å²) in [6.45, 7) is 9.08. The summed E-state index contributed by atoms with van der Waals surface area (Å²) in [5.41, 5.74) is 9.72. The molecule has 0 bridgehead atoms. The molecule has 0 saturated carbocycles. The summed E-state index contributed by atoms with van der Waals surface area (Å²) in [6.07, 6.45) is 0. The predicted octanol–water partition coefficient (Wildman–Crippen LogP) is 8.06. The molecule has 1 unspecified atom stereocenters. The van der Waals surface area contributed by atoms with Gasteiger partial charge in [-0.15, -0.1) is 24.8 Å². The Balaban J connectivity index is 0.00000181. The molecule has 1 aliphatic rings. The van der Waals surface area contributed by atoms with Crippen LogP contribution in [0.4, 0.5) is 0 Å². The normalized spacial score (nSPS) is 15.9. The topological polar surface area (TPSA) is 9.23 Å². The molecule has 32 heavy (non-hydrogen) atoms. The molecule has 0 aromatic heterocycles. The van der Waals surface area contributed by atoms with E-state index in [2.05, 4.69) is 113 Å². The fourth-order valence-corrected chi connectivity index (χ4v) is 5.36. The first kappa shape index (κ1) is 26.6. The van der Waals surface area contributed by atoms with Crippen LogP contribution in [0, 0.1) is 5.92 Å². The van der Waals surface area contributed by atoms with Crippen molar-refractivity contribution in [2.24, 2.45) is 5.92 Å². The average Bonchev–Trinajstić information content (AvgIpc) is 2.99. The van der Waals surface area contributed by atoms with Crippen molar-refractivity contribution >= 4 is 30.4 Å². The second-order valence-corrected chi connectivity index (χ2v) is 8.45.